The average Bonchev–Trinajstić information content (AvgIpc) is 2.87. The van der Waals surface area contributed by atoms with Gasteiger partial charge in [0, 0.05) is 22.6 Å². The predicted octanol–water partition coefficient (Wildman–Crippen LogP) is 2.24. The lowest BCUT2D eigenvalue weighted by Gasteiger charge is -2.25. The van der Waals surface area contributed by atoms with E-state index in [4.69, 9.17) is 0 Å². The number of aliphatic hydroxyl groups is 1. The number of rotatable bonds is 5. The first-order valence-electron chi connectivity index (χ1n) is 6.51. The largest absolute Gasteiger partial charge is 0.396 e. The lowest BCUT2D eigenvalue weighted by Crippen LogP contribution is -2.37. The lowest BCUT2D eigenvalue weighted by molar-refractivity contribution is 0.0892. The number of hydrogen-bond donors (Lipinski definition) is 2. The van der Waals surface area contributed by atoms with Gasteiger partial charge in [0.15, 0.2) is 0 Å². The first-order valence-corrected chi connectivity index (χ1v) is 7.30. The molecular weight excluding hydrogens is 322 g/mol. The molecule has 2 aromatic heterocycles. The topological polar surface area (TPSA) is 66.6 Å². The molecule has 2 N–H and O–H groups in total. The van der Waals surface area contributed by atoms with Gasteiger partial charge in [-0.05, 0) is 18.6 Å². The molecule has 0 saturated heterocycles. The Morgan fingerprint density at radius 2 is 2.35 bits per heavy atom. The number of pyridine rings is 1. The van der Waals surface area contributed by atoms with Crippen LogP contribution in [0.4, 0.5) is 0 Å². The van der Waals surface area contributed by atoms with E-state index in [1.54, 1.807) is 16.9 Å². The number of carbonyl (C=O) groups is 1. The van der Waals surface area contributed by atoms with Crippen LogP contribution >= 0.6 is 15.9 Å². The molecule has 108 valence electrons. The van der Waals surface area contributed by atoms with Crippen LogP contribution in [0.3, 0.4) is 0 Å². The molecule has 2 aromatic rings. The van der Waals surface area contributed by atoms with Crippen molar-refractivity contribution in [3.8, 4) is 0 Å². The molecule has 0 radical (unpaired) electrons. The number of hydrogen-bond acceptors (Lipinski definition) is 3. The third-order valence-corrected chi connectivity index (χ3v) is 4.13. The molecule has 0 aromatic carbocycles. The number of aliphatic hydroxyl groups excluding tert-OH is 1. The van der Waals surface area contributed by atoms with Crippen molar-refractivity contribution in [2.45, 2.75) is 20.3 Å². The van der Waals surface area contributed by atoms with Crippen molar-refractivity contribution in [2.75, 3.05) is 13.2 Å². The molecule has 1 atom stereocenters. The summed E-state index contributed by atoms with van der Waals surface area (Å²) < 4.78 is 2.55. The molecule has 0 saturated carbocycles. The molecule has 1 amide bonds. The highest BCUT2D eigenvalue weighted by Crippen LogP contribution is 2.20. The van der Waals surface area contributed by atoms with Gasteiger partial charge in [0.25, 0.3) is 5.91 Å². The summed E-state index contributed by atoms with van der Waals surface area (Å²) in [5, 5.41) is 16.4. The van der Waals surface area contributed by atoms with Gasteiger partial charge in [-0.2, -0.15) is 5.10 Å². The van der Waals surface area contributed by atoms with E-state index in [2.05, 4.69) is 26.3 Å². The first kappa shape index (κ1) is 15.0. The average molecular weight is 340 g/mol. The van der Waals surface area contributed by atoms with Crippen molar-refractivity contribution in [2.24, 2.45) is 5.41 Å². The summed E-state index contributed by atoms with van der Waals surface area (Å²) in [6.07, 6.45) is 4.14. The van der Waals surface area contributed by atoms with Crippen LogP contribution in [0.1, 0.15) is 30.6 Å². The van der Waals surface area contributed by atoms with Gasteiger partial charge in [-0.3, -0.25) is 4.79 Å². The lowest BCUT2D eigenvalue weighted by atomic mass is 9.88. The van der Waals surface area contributed by atoms with Gasteiger partial charge in [0.2, 0.25) is 0 Å². The summed E-state index contributed by atoms with van der Waals surface area (Å²) in [6.45, 7) is 4.42. The molecule has 0 aliphatic heterocycles. The van der Waals surface area contributed by atoms with Gasteiger partial charge in [0.05, 0.1) is 23.9 Å². The zero-order valence-electron chi connectivity index (χ0n) is 11.6. The number of carbonyl (C=O) groups excluding carboxylic acids is 1. The maximum absolute atomic E-state index is 12.2. The Morgan fingerprint density at radius 3 is 3.00 bits per heavy atom. The van der Waals surface area contributed by atoms with E-state index < -0.39 is 0 Å². The maximum Gasteiger partial charge on any atom is 0.255 e. The second kappa shape index (κ2) is 5.93. The van der Waals surface area contributed by atoms with E-state index in [9.17, 15) is 9.90 Å². The second-order valence-corrected chi connectivity index (χ2v) is 6.15. The fourth-order valence-electron chi connectivity index (χ4n) is 1.81. The normalized spacial score (nSPS) is 14.2. The highest BCUT2D eigenvalue weighted by molar-refractivity contribution is 9.10. The summed E-state index contributed by atoms with van der Waals surface area (Å²) in [6, 6.07) is 3.72. The summed E-state index contributed by atoms with van der Waals surface area (Å²) in [5.41, 5.74) is 0.987. The van der Waals surface area contributed by atoms with Crippen LogP contribution in [0, 0.1) is 5.41 Å². The summed E-state index contributed by atoms with van der Waals surface area (Å²) in [7, 11) is 0. The Balaban J connectivity index is 2.18. The molecule has 0 bridgehead atoms. The quantitative estimate of drug-likeness (QED) is 0.877. The smallest absolute Gasteiger partial charge is 0.255 e. The van der Waals surface area contributed by atoms with Gasteiger partial charge in [0.1, 0.15) is 0 Å². The van der Waals surface area contributed by atoms with E-state index in [0.717, 1.165) is 16.4 Å². The van der Waals surface area contributed by atoms with Gasteiger partial charge in [-0.1, -0.05) is 29.8 Å². The molecule has 0 fully saturated rings. The molecule has 2 rings (SSSR count). The number of aromatic nitrogens is 2. The fraction of sp³-hybridized carbons (Fsp3) is 0.429. The third kappa shape index (κ3) is 3.02. The number of amides is 1. The van der Waals surface area contributed by atoms with Crippen molar-refractivity contribution >= 4 is 27.4 Å². The highest BCUT2D eigenvalue weighted by atomic mass is 79.9. The SMILES string of the molecule is CCC(C)(CO)CNC(=O)c1cnn2ccc(Br)cc12. The van der Waals surface area contributed by atoms with Gasteiger partial charge in [-0.15, -0.1) is 0 Å². The summed E-state index contributed by atoms with van der Waals surface area (Å²) in [4.78, 5) is 12.2. The van der Waals surface area contributed by atoms with Crippen LogP contribution < -0.4 is 5.32 Å². The van der Waals surface area contributed by atoms with Crippen molar-refractivity contribution in [1.82, 2.24) is 14.9 Å². The Kier molecular flexibility index (Phi) is 4.45. The standard InChI is InChI=1S/C14H18BrN3O2/c1-3-14(2,9-19)8-16-13(20)11-7-17-18-5-4-10(15)6-12(11)18/h4-7,19H,3,8-9H2,1-2H3,(H,16,20). The number of nitrogens with zero attached hydrogens (tertiary/aromatic N) is 2. The van der Waals surface area contributed by atoms with E-state index in [1.165, 1.54) is 0 Å². The zero-order valence-corrected chi connectivity index (χ0v) is 13.1. The van der Waals surface area contributed by atoms with Crippen LogP contribution in [0.15, 0.2) is 29.0 Å². The van der Waals surface area contributed by atoms with Gasteiger partial charge in [-0.25, -0.2) is 4.52 Å². The van der Waals surface area contributed by atoms with Crippen molar-refractivity contribution in [1.29, 1.82) is 0 Å². The van der Waals surface area contributed by atoms with Crippen molar-refractivity contribution < 1.29 is 9.90 Å². The highest BCUT2D eigenvalue weighted by Gasteiger charge is 2.23. The van der Waals surface area contributed by atoms with E-state index in [0.29, 0.717) is 12.1 Å². The Bertz CT molecular complexity index is 620. The van der Waals surface area contributed by atoms with Crippen LogP contribution in [0.25, 0.3) is 5.52 Å². The molecule has 0 aliphatic carbocycles. The van der Waals surface area contributed by atoms with E-state index in [1.807, 2.05) is 26.0 Å². The van der Waals surface area contributed by atoms with Gasteiger partial charge < -0.3 is 10.4 Å². The minimum absolute atomic E-state index is 0.0457. The first-order chi connectivity index (χ1) is 9.49. The fourth-order valence-corrected chi connectivity index (χ4v) is 2.15. The predicted molar refractivity (Wildman–Crippen MR) is 80.7 cm³/mol. The molecule has 0 aliphatic rings. The number of halogens is 1. The van der Waals surface area contributed by atoms with Crippen LogP contribution in [-0.4, -0.2) is 33.8 Å². The van der Waals surface area contributed by atoms with Crippen LogP contribution in [0.2, 0.25) is 0 Å². The van der Waals surface area contributed by atoms with Crippen LogP contribution in [-0.2, 0) is 0 Å². The molecule has 2 heterocycles. The molecule has 5 nitrogen and oxygen atoms in total. The molecule has 0 spiro atoms. The zero-order chi connectivity index (χ0) is 14.8. The van der Waals surface area contributed by atoms with Gasteiger partial charge >= 0.3 is 0 Å². The molecule has 1 unspecified atom stereocenters. The second-order valence-electron chi connectivity index (χ2n) is 5.24. The third-order valence-electron chi connectivity index (χ3n) is 3.64. The molecular formula is C14H18BrN3O2. The monoisotopic (exact) mass is 339 g/mol. The Hall–Kier alpha value is -1.40. The summed E-state index contributed by atoms with van der Waals surface area (Å²) in [5.74, 6) is -0.175. The minimum Gasteiger partial charge on any atom is -0.396 e. The Labute approximate surface area is 126 Å². The molecule has 20 heavy (non-hydrogen) atoms. The maximum atomic E-state index is 12.2. The van der Waals surface area contributed by atoms with E-state index in [-0.39, 0.29) is 17.9 Å². The minimum atomic E-state index is -0.292. The molecule has 6 heteroatoms. The van der Waals surface area contributed by atoms with Crippen molar-refractivity contribution in [3.05, 3.63) is 34.6 Å². The van der Waals surface area contributed by atoms with E-state index >= 15 is 0 Å². The van der Waals surface area contributed by atoms with Crippen molar-refractivity contribution in [3.63, 3.8) is 0 Å². The number of fused-ring (bicyclic) bond motifs is 1. The Morgan fingerprint density at radius 1 is 1.60 bits per heavy atom. The summed E-state index contributed by atoms with van der Waals surface area (Å²) >= 11 is 3.39. The van der Waals surface area contributed by atoms with Crippen LogP contribution in [0.5, 0.6) is 0 Å². The number of nitrogens with one attached hydrogen (secondary N) is 1.